The molecular weight excluding hydrogens is 392 g/mol. The molecule has 1 heterocycles. The van der Waals surface area contributed by atoms with Crippen LogP contribution in [0.5, 0.6) is 5.75 Å². The van der Waals surface area contributed by atoms with E-state index in [0.29, 0.717) is 24.9 Å². The van der Waals surface area contributed by atoms with Gasteiger partial charge in [-0.2, -0.15) is 5.10 Å². The van der Waals surface area contributed by atoms with Gasteiger partial charge < -0.3 is 20.1 Å². The SMILES string of the molecule is CN=C(NCCCOC(C)c1ccccc1)NCc1nc(-c2ccc(OC)cc2)n[nH]1. The molecule has 0 aliphatic heterocycles. The molecule has 8 nitrogen and oxygen atoms in total. The number of aromatic nitrogens is 3. The van der Waals surface area contributed by atoms with Crippen LogP contribution in [-0.4, -0.2) is 48.5 Å². The molecule has 3 aromatic rings. The molecule has 8 heteroatoms. The highest BCUT2D eigenvalue weighted by molar-refractivity contribution is 5.79. The van der Waals surface area contributed by atoms with Gasteiger partial charge in [0.25, 0.3) is 0 Å². The summed E-state index contributed by atoms with van der Waals surface area (Å²) >= 11 is 0. The van der Waals surface area contributed by atoms with Crippen molar-refractivity contribution in [1.82, 2.24) is 25.8 Å². The Morgan fingerprint density at radius 2 is 1.87 bits per heavy atom. The molecule has 0 bridgehead atoms. The average Bonchev–Trinajstić information content (AvgIpc) is 3.30. The fourth-order valence-electron chi connectivity index (χ4n) is 2.99. The van der Waals surface area contributed by atoms with E-state index in [1.807, 2.05) is 42.5 Å². The van der Waals surface area contributed by atoms with Crippen molar-refractivity contribution in [3.05, 3.63) is 66.0 Å². The minimum absolute atomic E-state index is 0.0880. The second-order valence-electron chi connectivity index (χ2n) is 6.96. The standard InChI is InChI=1S/C23H30N6O2/c1-17(18-8-5-4-6-9-18)31-15-7-14-25-23(24-2)26-16-21-27-22(29-28-21)19-10-12-20(30-3)13-11-19/h4-6,8-13,17H,7,14-16H2,1-3H3,(H2,24,25,26)(H,27,28,29). The summed E-state index contributed by atoms with van der Waals surface area (Å²) in [6.45, 7) is 3.99. The Labute approximate surface area is 183 Å². The zero-order chi connectivity index (χ0) is 21.9. The number of ether oxygens (including phenoxy) is 2. The minimum atomic E-state index is 0.0880. The molecule has 0 radical (unpaired) electrons. The van der Waals surface area contributed by atoms with Crippen molar-refractivity contribution < 1.29 is 9.47 Å². The highest BCUT2D eigenvalue weighted by Gasteiger charge is 2.08. The molecule has 0 fully saturated rings. The maximum absolute atomic E-state index is 5.90. The number of H-pyrrole nitrogens is 1. The molecule has 2 aromatic carbocycles. The van der Waals surface area contributed by atoms with Crippen LogP contribution in [0.1, 0.15) is 30.8 Å². The highest BCUT2D eigenvalue weighted by Crippen LogP contribution is 2.19. The lowest BCUT2D eigenvalue weighted by Gasteiger charge is -2.14. The van der Waals surface area contributed by atoms with Gasteiger partial charge in [-0.1, -0.05) is 30.3 Å². The van der Waals surface area contributed by atoms with Crippen molar-refractivity contribution in [2.24, 2.45) is 4.99 Å². The van der Waals surface area contributed by atoms with Gasteiger partial charge in [0.2, 0.25) is 0 Å². The Hall–Kier alpha value is -3.39. The number of rotatable bonds is 10. The molecule has 1 atom stereocenters. The predicted molar refractivity (Wildman–Crippen MR) is 122 cm³/mol. The largest absolute Gasteiger partial charge is 0.497 e. The third kappa shape index (κ3) is 6.82. The van der Waals surface area contributed by atoms with Crippen LogP contribution in [0.3, 0.4) is 0 Å². The lowest BCUT2D eigenvalue weighted by atomic mass is 10.1. The number of hydrogen-bond acceptors (Lipinski definition) is 5. The van der Waals surface area contributed by atoms with Crippen LogP contribution in [0, 0.1) is 0 Å². The third-order valence-corrected chi connectivity index (χ3v) is 4.78. The molecule has 164 valence electrons. The maximum atomic E-state index is 5.90. The molecular formula is C23H30N6O2. The molecule has 1 unspecified atom stereocenters. The number of benzene rings is 2. The van der Waals surface area contributed by atoms with Crippen molar-refractivity contribution in [3.63, 3.8) is 0 Å². The normalized spacial score (nSPS) is 12.4. The molecule has 0 amide bonds. The number of methoxy groups -OCH3 is 1. The topological polar surface area (TPSA) is 96.5 Å². The first-order valence-electron chi connectivity index (χ1n) is 10.4. The fourth-order valence-corrected chi connectivity index (χ4v) is 2.99. The molecule has 0 aliphatic rings. The second kappa shape index (κ2) is 11.7. The summed E-state index contributed by atoms with van der Waals surface area (Å²) in [6.07, 6.45) is 0.965. The van der Waals surface area contributed by atoms with Gasteiger partial charge in [0, 0.05) is 25.8 Å². The van der Waals surface area contributed by atoms with Crippen molar-refractivity contribution in [2.75, 3.05) is 27.3 Å². The molecule has 3 N–H and O–H groups in total. The van der Waals surface area contributed by atoms with E-state index in [4.69, 9.17) is 9.47 Å². The van der Waals surface area contributed by atoms with Gasteiger partial charge in [-0.05, 0) is 43.2 Å². The number of aromatic amines is 1. The van der Waals surface area contributed by atoms with E-state index in [-0.39, 0.29) is 6.10 Å². The third-order valence-electron chi connectivity index (χ3n) is 4.78. The lowest BCUT2D eigenvalue weighted by Crippen LogP contribution is -2.37. The van der Waals surface area contributed by atoms with Crippen molar-refractivity contribution in [1.29, 1.82) is 0 Å². The fraction of sp³-hybridized carbons (Fsp3) is 0.348. The van der Waals surface area contributed by atoms with Crippen LogP contribution in [0.15, 0.2) is 59.6 Å². The van der Waals surface area contributed by atoms with Crippen LogP contribution in [0.2, 0.25) is 0 Å². The zero-order valence-corrected chi connectivity index (χ0v) is 18.3. The summed E-state index contributed by atoms with van der Waals surface area (Å²) in [6, 6.07) is 17.9. The van der Waals surface area contributed by atoms with Crippen LogP contribution in [-0.2, 0) is 11.3 Å². The summed E-state index contributed by atoms with van der Waals surface area (Å²) in [5.74, 6) is 2.88. The van der Waals surface area contributed by atoms with Crippen LogP contribution < -0.4 is 15.4 Å². The zero-order valence-electron chi connectivity index (χ0n) is 18.3. The summed E-state index contributed by atoms with van der Waals surface area (Å²) in [4.78, 5) is 8.77. The second-order valence-corrected chi connectivity index (χ2v) is 6.96. The van der Waals surface area contributed by atoms with Gasteiger partial charge in [-0.15, -0.1) is 0 Å². The van der Waals surface area contributed by atoms with Gasteiger partial charge in [0.05, 0.1) is 19.8 Å². The van der Waals surface area contributed by atoms with Gasteiger partial charge in [0.15, 0.2) is 11.8 Å². The van der Waals surface area contributed by atoms with E-state index >= 15 is 0 Å². The number of nitrogens with zero attached hydrogens (tertiary/aromatic N) is 3. The first kappa shape index (κ1) is 22.3. The van der Waals surface area contributed by atoms with Crippen LogP contribution in [0.25, 0.3) is 11.4 Å². The van der Waals surface area contributed by atoms with Gasteiger partial charge in [-0.3, -0.25) is 10.1 Å². The van der Waals surface area contributed by atoms with E-state index < -0.39 is 0 Å². The Morgan fingerprint density at radius 3 is 2.58 bits per heavy atom. The summed E-state index contributed by atoms with van der Waals surface area (Å²) < 4.78 is 11.1. The van der Waals surface area contributed by atoms with E-state index in [2.05, 4.69) is 49.9 Å². The van der Waals surface area contributed by atoms with E-state index in [1.54, 1.807) is 14.2 Å². The molecule has 1 aromatic heterocycles. The molecule has 0 aliphatic carbocycles. The molecule has 0 spiro atoms. The maximum Gasteiger partial charge on any atom is 0.191 e. The Balaban J connectivity index is 1.37. The Bertz CT molecular complexity index is 940. The quantitative estimate of drug-likeness (QED) is 0.264. The van der Waals surface area contributed by atoms with E-state index in [0.717, 1.165) is 30.1 Å². The summed E-state index contributed by atoms with van der Waals surface area (Å²) in [5.41, 5.74) is 2.12. The lowest BCUT2D eigenvalue weighted by molar-refractivity contribution is 0.0646. The van der Waals surface area contributed by atoms with E-state index in [1.165, 1.54) is 5.56 Å². The monoisotopic (exact) mass is 422 g/mol. The van der Waals surface area contributed by atoms with Crippen molar-refractivity contribution >= 4 is 5.96 Å². The number of aliphatic imine (C=N–C) groups is 1. The van der Waals surface area contributed by atoms with Crippen molar-refractivity contribution in [2.45, 2.75) is 26.0 Å². The van der Waals surface area contributed by atoms with Gasteiger partial charge in [-0.25, -0.2) is 4.98 Å². The number of nitrogens with one attached hydrogen (secondary N) is 3. The molecule has 0 saturated heterocycles. The van der Waals surface area contributed by atoms with Crippen molar-refractivity contribution in [3.8, 4) is 17.1 Å². The molecule has 31 heavy (non-hydrogen) atoms. The Kier molecular flexibility index (Phi) is 8.42. The predicted octanol–water partition coefficient (Wildman–Crippen LogP) is 3.31. The smallest absolute Gasteiger partial charge is 0.191 e. The first-order valence-corrected chi connectivity index (χ1v) is 10.4. The van der Waals surface area contributed by atoms with Crippen LogP contribution >= 0.6 is 0 Å². The summed E-state index contributed by atoms with van der Waals surface area (Å²) in [7, 11) is 3.39. The number of hydrogen-bond donors (Lipinski definition) is 3. The highest BCUT2D eigenvalue weighted by atomic mass is 16.5. The minimum Gasteiger partial charge on any atom is -0.497 e. The molecule has 3 rings (SSSR count). The van der Waals surface area contributed by atoms with E-state index in [9.17, 15) is 0 Å². The average molecular weight is 423 g/mol. The summed E-state index contributed by atoms with van der Waals surface area (Å²) in [5, 5.41) is 13.8. The molecule has 0 saturated carbocycles. The first-order chi connectivity index (χ1) is 15.2. The van der Waals surface area contributed by atoms with Crippen LogP contribution in [0.4, 0.5) is 0 Å². The Morgan fingerprint density at radius 1 is 1.10 bits per heavy atom. The van der Waals surface area contributed by atoms with Gasteiger partial charge in [0.1, 0.15) is 11.6 Å². The number of guanidine groups is 1. The van der Waals surface area contributed by atoms with Gasteiger partial charge >= 0.3 is 0 Å².